The second-order valence-electron chi connectivity index (χ2n) is 7.55. The molecule has 0 bridgehead atoms. The second kappa shape index (κ2) is 5.22. The summed E-state index contributed by atoms with van der Waals surface area (Å²) in [5.74, 6) is 0.644. The smallest absolute Gasteiger partial charge is 0.419 e. The van der Waals surface area contributed by atoms with Crippen LogP contribution in [0.25, 0.3) is 10.9 Å². The summed E-state index contributed by atoms with van der Waals surface area (Å²) in [5, 5.41) is 0.914. The van der Waals surface area contributed by atoms with E-state index in [1.165, 1.54) is 0 Å². The monoisotopic (exact) mass is 313 g/mol. The van der Waals surface area contributed by atoms with Crippen LogP contribution in [0.15, 0.2) is 18.3 Å². The number of aldehydes is 1. The van der Waals surface area contributed by atoms with Crippen LogP contribution in [0, 0.1) is 0 Å². The van der Waals surface area contributed by atoms with E-state index in [1.807, 2.05) is 32.9 Å². The second-order valence-corrected chi connectivity index (χ2v) is 7.55. The number of hydrogen-bond acceptors (Lipinski definition) is 3. The zero-order valence-corrected chi connectivity index (χ0v) is 14.3. The van der Waals surface area contributed by atoms with Crippen LogP contribution in [-0.2, 0) is 4.74 Å². The van der Waals surface area contributed by atoms with Gasteiger partial charge in [0.05, 0.1) is 5.52 Å². The van der Waals surface area contributed by atoms with E-state index < -0.39 is 5.60 Å². The van der Waals surface area contributed by atoms with Gasteiger partial charge < -0.3 is 4.74 Å². The third-order valence-corrected chi connectivity index (χ3v) is 4.49. The Kier molecular flexibility index (Phi) is 3.58. The minimum atomic E-state index is -0.543. The molecule has 1 aromatic heterocycles. The van der Waals surface area contributed by atoms with Crippen LogP contribution in [0.5, 0.6) is 0 Å². The molecule has 1 aliphatic carbocycles. The Hall–Kier alpha value is -2.10. The van der Waals surface area contributed by atoms with Gasteiger partial charge in [-0.25, -0.2) is 4.79 Å². The molecule has 0 saturated heterocycles. The van der Waals surface area contributed by atoms with E-state index in [1.54, 1.807) is 10.8 Å². The van der Waals surface area contributed by atoms with Crippen LogP contribution < -0.4 is 0 Å². The van der Waals surface area contributed by atoms with Crippen LogP contribution in [0.1, 0.15) is 74.4 Å². The lowest BCUT2D eigenvalue weighted by Gasteiger charge is -2.21. The number of benzene rings is 1. The molecule has 4 heteroatoms. The van der Waals surface area contributed by atoms with Gasteiger partial charge in [-0.05, 0) is 62.3 Å². The van der Waals surface area contributed by atoms with Crippen molar-refractivity contribution in [3.8, 4) is 0 Å². The molecule has 122 valence electrons. The molecule has 0 saturated carbocycles. The first-order valence-electron chi connectivity index (χ1n) is 8.09. The van der Waals surface area contributed by atoms with E-state index >= 15 is 0 Å². The molecule has 1 heterocycles. The van der Waals surface area contributed by atoms with Gasteiger partial charge in [0.25, 0.3) is 0 Å². The summed E-state index contributed by atoms with van der Waals surface area (Å²) < 4.78 is 7.11. The van der Waals surface area contributed by atoms with Crippen LogP contribution >= 0.6 is 0 Å². The number of hydrogen-bond donors (Lipinski definition) is 0. The van der Waals surface area contributed by atoms with Crippen molar-refractivity contribution in [2.45, 2.75) is 58.5 Å². The highest BCUT2D eigenvalue weighted by Crippen LogP contribution is 2.46. The molecule has 2 aromatic rings. The van der Waals surface area contributed by atoms with Crippen molar-refractivity contribution in [2.75, 3.05) is 0 Å². The molecule has 4 nitrogen and oxygen atoms in total. The Bertz CT molecular complexity index is 795. The Morgan fingerprint density at radius 1 is 1.26 bits per heavy atom. The quantitative estimate of drug-likeness (QED) is 0.707. The van der Waals surface area contributed by atoms with Crippen molar-refractivity contribution in [2.24, 2.45) is 0 Å². The molecule has 0 aliphatic heterocycles. The summed E-state index contributed by atoms with van der Waals surface area (Å²) in [5.41, 5.74) is 3.29. The van der Waals surface area contributed by atoms with E-state index in [0.717, 1.165) is 40.3 Å². The third kappa shape index (κ3) is 2.56. The highest BCUT2D eigenvalue weighted by molar-refractivity contribution is 5.97. The maximum atomic E-state index is 12.5. The van der Waals surface area contributed by atoms with E-state index in [2.05, 4.69) is 13.8 Å². The van der Waals surface area contributed by atoms with Crippen molar-refractivity contribution in [3.63, 3.8) is 0 Å². The fourth-order valence-corrected chi connectivity index (χ4v) is 3.75. The normalized spacial score (nSPS) is 20.6. The lowest BCUT2D eigenvalue weighted by molar-refractivity contribution is 0.0544. The molecule has 0 spiro atoms. The van der Waals surface area contributed by atoms with Gasteiger partial charge in [-0.3, -0.25) is 9.36 Å². The van der Waals surface area contributed by atoms with E-state index in [4.69, 9.17) is 4.74 Å². The van der Waals surface area contributed by atoms with Gasteiger partial charge in [-0.2, -0.15) is 0 Å². The largest absolute Gasteiger partial charge is 0.443 e. The van der Waals surface area contributed by atoms with Crippen LogP contribution in [0.3, 0.4) is 0 Å². The number of nitrogens with zero attached hydrogens (tertiary/aromatic N) is 1. The predicted molar refractivity (Wildman–Crippen MR) is 90.4 cm³/mol. The number of carbonyl (C=O) groups is 2. The van der Waals surface area contributed by atoms with Gasteiger partial charge in [0.2, 0.25) is 0 Å². The average molecular weight is 313 g/mol. The van der Waals surface area contributed by atoms with Gasteiger partial charge in [0.15, 0.2) is 0 Å². The SMILES string of the molecule is C[C@@H]1C[C@H](C)c2c1c(C=O)cc1ccn(C(=O)OC(C)(C)C)c21. The van der Waals surface area contributed by atoms with Crippen LogP contribution in [-0.4, -0.2) is 22.5 Å². The van der Waals surface area contributed by atoms with Crippen molar-refractivity contribution in [3.05, 3.63) is 35.0 Å². The molecular formula is C19H23NO3. The average Bonchev–Trinajstić information content (AvgIpc) is 2.97. The van der Waals surface area contributed by atoms with Gasteiger partial charge in [-0.1, -0.05) is 13.8 Å². The number of fused-ring (bicyclic) bond motifs is 3. The first-order chi connectivity index (χ1) is 10.7. The summed E-state index contributed by atoms with van der Waals surface area (Å²) in [4.78, 5) is 24.0. The first-order valence-corrected chi connectivity index (χ1v) is 8.09. The summed E-state index contributed by atoms with van der Waals surface area (Å²) in [6.07, 6.45) is 3.29. The third-order valence-electron chi connectivity index (χ3n) is 4.49. The summed E-state index contributed by atoms with van der Waals surface area (Å²) in [7, 11) is 0. The maximum absolute atomic E-state index is 12.5. The van der Waals surface area contributed by atoms with E-state index in [0.29, 0.717) is 11.8 Å². The van der Waals surface area contributed by atoms with E-state index in [9.17, 15) is 9.59 Å². The van der Waals surface area contributed by atoms with Gasteiger partial charge in [0, 0.05) is 17.1 Å². The van der Waals surface area contributed by atoms with Crippen LogP contribution in [0.2, 0.25) is 0 Å². The number of aromatic nitrogens is 1. The van der Waals surface area contributed by atoms with Gasteiger partial charge in [-0.15, -0.1) is 0 Å². The Morgan fingerprint density at radius 3 is 2.52 bits per heavy atom. The van der Waals surface area contributed by atoms with Crippen LogP contribution in [0.4, 0.5) is 4.79 Å². The molecule has 0 fully saturated rings. The Morgan fingerprint density at radius 2 is 1.91 bits per heavy atom. The van der Waals surface area contributed by atoms with Crippen molar-refractivity contribution in [1.29, 1.82) is 0 Å². The Balaban J connectivity index is 2.24. The van der Waals surface area contributed by atoms with Crippen molar-refractivity contribution in [1.82, 2.24) is 4.57 Å². The standard InChI is InChI=1S/C19H23NO3/c1-11-8-12(2)16-15(11)14(10-21)9-13-6-7-20(17(13)16)18(22)23-19(3,4)5/h6-7,9-12H,8H2,1-5H3/t11-,12+/m1/s1. The Labute approximate surface area is 136 Å². The molecule has 0 unspecified atom stereocenters. The zero-order chi connectivity index (χ0) is 16.9. The maximum Gasteiger partial charge on any atom is 0.419 e. The highest BCUT2D eigenvalue weighted by atomic mass is 16.6. The molecule has 0 radical (unpaired) electrons. The van der Waals surface area contributed by atoms with E-state index in [-0.39, 0.29) is 6.09 Å². The number of carbonyl (C=O) groups excluding carboxylic acids is 2. The topological polar surface area (TPSA) is 48.3 Å². The minimum absolute atomic E-state index is 0.318. The molecule has 23 heavy (non-hydrogen) atoms. The van der Waals surface area contributed by atoms with Gasteiger partial charge >= 0.3 is 6.09 Å². The number of rotatable bonds is 1. The molecular weight excluding hydrogens is 290 g/mol. The van der Waals surface area contributed by atoms with Gasteiger partial charge in [0.1, 0.15) is 11.9 Å². The molecule has 0 N–H and O–H groups in total. The lowest BCUT2D eigenvalue weighted by atomic mass is 9.95. The van der Waals surface area contributed by atoms with Crippen molar-refractivity contribution < 1.29 is 14.3 Å². The number of ether oxygens (including phenoxy) is 1. The lowest BCUT2D eigenvalue weighted by Crippen LogP contribution is -2.27. The predicted octanol–water partition coefficient (Wildman–Crippen LogP) is 4.85. The summed E-state index contributed by atoms with van der Waals surface area (Å²) >= 11 is 0. The first kappa shape index (κ1) is 15.8. The zero-order valence-electron chi connectivity index (χ0n) is 14.3. The fraction of sp³-hybridized carbons (Fsp3) is 0.474. The molecule has 2 atom stereocenters. The molecule has 1 aromatic carbocycles. The molecule has 1 aliphatic rings. The highest BCUT2D eigenvalue weighted by Gasteiger charge is 2.32. The summed E-state index contributed by atoms with van der Waals surface area (Å²) in [6.45, 7) is 9.87. The molecule has 0 amide bonds. The minimum Gasteiger partial charge on any atom is -0.443 e. The summed E-state index contributed by atoms with van der Waals surface area (Å²) in [6, 6.07) is 3.76. The fourth-order valence-electron chi connectivity index (χ4n) is 3.75. The molecule has 3 rings (SSSR count). The van der Waals surface area contributed by atoms with Crippen molar-refractivity contribution >= 4 is 23.3 Å².